The number of H-pyrrole nitrogens is 1. The van der Waals surface area contributed by atoms with Crippen molar-refractivity contribution in [3.05, 3.63) is 23.5 Å². The van der Waals surface area contributed by atoms with Gasteiger partial charge >= 0.3 is 0 Å². The van der Waals surface area contributed by atoms with Crippen molar-refractivity contribution in [2.24, 2.45) is 5.92 Å². The summed E-state index contributed by atoms with van der Waals surface area (Å²) < 4.78 is 0. The van der Waals surface area contributed by atoms with Crippen LogP contribution in [0.1, 0.15) is 35.8 Å². The fraction of sp³-hybridized carbons (Fsp3) is 0.588. The zero-order valence-electron chi connectivity index (χ0n) is 13.7. The van der Waals surface area contributed by atoms with E-state index in [1.807, 2.05) is 17.9 Å². The van der Waals surface area contributed by atoms with Crippen molar-refractivity contribution in [2.75, 3.05) is 26.2 Å². The van der Waals surface area contributed by atoms with E-state index in [9.17, 15) is 4.79 Å². The lowest BCUT2D eigenvalue weighted by Crippen LogP contribution is -2.36. The number of fused-ring (bicyclic) bond motifs is 1. The average Bonchev–Trinajstić information content (AvgIpc) is 3.34. The second kappa shape index (κ2) is 5.60. The van der Waals surface area contributed by atoms with E-state index >= 15 is 0 Å². The molecule has 1 saturated carbocycles. The first-order valence-corrected chi connectivity index (χ1v) is 8.46. The van der Waals surface area contributed by atoms with Gasteiger partial charge in [-0.3, -0.25) is 14.8 Å². The van der Waals surface area contributed by atoms with Gasteiger partial charge in [0.2, 0.25) is 0 Å². The Balaban J connectivity index is 1.55. The Kier molecular flexibility index (Phi) is 3.56. The summed E-state index contributed by atoms with van der Waals surface area (Å²) in [5.41, 5.74) is 2.28. The third-order valence-corrected chi connectivity index (χ3v) is 4.93. The van der Waals surface area contributed by atoms with Crippen molar-refractivity contribution in [1.29, 1.82) is 0 Å². The maximum Gasteiger partial charge on any atom is 0.255 e. The molecule has 1 aliphatic heterocycles. The SMILES string of the molecule is Cc1[nH]nc2ncc(C(=O)N3CCN(C4CC4)CC(C)C3)cc12. The van der Waals surface area contributed by atoms with Crippen molar-refractivity contribution in [3.63, 3.8) is 0 Å². The number of amides is 1. The van der Waals surface area contributed by atoms with Crippen LogP contribution in [0, 0.1) is 12.8 Å². The van der Waals surface area contributed by atoms with Crippen molar-refractivity contribution >= 4 is 16.9 Å². The number of rotatable bonds is 2. The lowest BCUT2D eigenvalue weighted by molar-refractivity contribution is 0.0748. The summed E-state index contributed by atoms with van der Waals surface area (Å²) in [6.07, 6.45) is 4.29. The molecule has 122 valence electrons. The molecule has 2 fully saturated rings. The highest BCUT2D eigenvalue weighted by molar-refractivity contribution is 5.97. The van der Waals surface area contributed by atoms with Crippen LogP contribution in [0.2, 0.25) is 0 Å². The van der Waals surface area contributed by atoms with Crippen LogP contribution >= 0.6 is 0 Å². The summed E-state index contributed by atoms with van der Waals surface area (Å²) in [6.45, 7) is 7.91. The van der Waals surface area contributed by atoms with E-state index in [-0.39, 0.29) is 5.91 Å². The fourth-order valence-electron chi connectivity index (χ4n) is 3.54. The molecule has 1 aliphatic carbocycles. The van der Waals surface area contributed by atoms with E-state index in [1.165, 1.54) is 12.8 Å². The Morgan fingerprint density at radius 2 is 2.13 bits per heavy atom. The molecule has 1 unspecified atom stereocenters. The number of carbonyl (C=O) groups is 1. The summed E-state index contributed by atoms with van der Waals surface area (Å²) in [5.74, 6) is 0.596. The summed E-state index contributed by atoms with van der Waals surface area (Å²) in [5, 5.41) is 7.98. The molecule has 1 atom stereocenters. The van der Waals surface area contributed by atoms with E-state index in [4.69, 9.17) is 0 Å². The van der Waals surface area contributed by atoms with Gasteiger partial charge in [-0.2, -0.15) is 5.10 Å². The van der Waals surface area contributed by atoms with Crippen molar-refractivity contribution in [3.8, 4) is 0 Å². The molecule has 2 aromatic rings. The van der Waals surface area contributed by atoms with Crippen molar-refractivity contribution in [1.82, 2.24) is 25.0 Å². The molecule has 1 saturated heterocycles. The third-order valence-electron chi connectivity index (χ3n) is 4.93. The van der Waals surface area contributed by atoms with Crippen LogP contribution in [-0.2, 0) is 0 Å². The van der Waals surface area contributed by atoms with Gasteiger partial charge in [-0.25, -0.2) is 4.98 Å². The predicted octanol–water partition coefficient (Wildman–Crippen LogP) is 1.82. The zero-order valence-corrected chi connectivity index (χ0v) is 13.7. The minimum atomic E-state index is 0.0875. The first-order valence-electron chi connectivity index (χ1n) is 8.46. The van der Waals surface area contributed by atoms with E-state index in [2.05, 4.69) is 27.0 Å². The minimum Gasteiger partial charge on any atom is -0.337 e. The van der Waals surface area contributed by atoms with E-state index in [1.54, 1.807) is 6.20 Å². The predicted molar refractivity (Wildman–Crippen MR) is 88.3 cm³/mol. The van der Waals surface area contributed by atoms with Crippen LogP contribution < -0.4 is 0 Å². The number of aryl methyl sites for hydroxylation is 1. The quantitative estimate of drug-likeness (QED) is 0.918. The number of pyridine rings is 1. The standard InChI is InChI=1S/C17H23N5O/c1-11-9-21(14-3-4-14)5-6-22(10-11)17(23)13-7-15-12(2)19-20-16(15)18-8-13/h7-8,11,14H,3-6,9-10H2,1-2H3,(H,18,19,20). The van der Waals surface area contributed by atoms with E-state index in [0.29, 0.717) is 17.1 Å². The summed E-state index contributed by atoms with van der Waals surface area (Å²) >= 11 is 0. The van der Waals surface area contributed by atoms with Crippen LogP contribution in [0.5, 0.6) is 0 Å². The van der Waals surface area contributed by atoms with Crippen LogP contribution in [0.3, 0.4) is 0 Å². The largest absolute Gasteiger partial charge is 0.337 e. The molecular weight excluding hydrogens is 290 g/mol. The van der Waals surface area contributed by atoms with Gasteiger partial charge in [-0.05, 0) is 31.7 Å². The molecule has 1 amide bonds. The van der Waals surface area contributed by atoms with Crippen LogP contribution in [0.25, 0.3) is 11.0 Å². The van der Waals surface area contributed by atoms with Gasteiger partial charge in [0.25, 0.3) is 5.91 Å². The monoisotopic (exact) mass is 313 g/mol. The molecule has 4 rings (SSSR count). The maximum absolute atomic E-state index is 12.9. The Labute approximate surface area is 135 Å². The van der Waals surface area contributed by atoms with Gasteiger partial charge in [0.05, 0.1) is 5.56 Å². The molecule has 0 bridgehead atoms. The van der Waals surface area contributed by atoms with Crippen LogP contribution in [-0.4, -0.2) is 63.1 Å². The molecule has 0 aromatic carbocycles. The van der Waals surface area contributed by atoms with Crippen LogP contribution in [0.4, 0.5) is 0 Å². The number of nitrogens with zero attached hydrogens (tertiary/aromatic N) is 4. The summed E-state index contributed by atoms with van der Waals surface area (Å²) in [6, 6.07) is 2.68. The first kappa shape index (κ1) is 14.6. The molecule has 6 heteroatoms. The fourth-order valence-corrected chi connectivity index (χ4v) is 3.54. The lowest BCUT2D eigenvalue weighted by atomic mass is 10.1. The summed E-state index contributed by atoms with van der Waals surface area (Å²) in [7, 11) is 0. The number of aromatic nitrogens is 3. The molecule has 2 aromatic heterocycles. The number of nitrogens with one attached hydrogen (secondary N) is 1. The number of aromatic amines is 1. The highest BCUT2D eigenvalue weighted by Crippen LogP contribution is 2.28. The number of hydrogen-bond donors (Lipinski definition) is 1. The second-order valence-electron chi connectivity index (χ2n) is 7.03. The number of carbonyl (C=O) groups excluding carboxylic acids is 1. The topological polar surface area (TPSA) is 65.1 Å². The molecule has 1 N–H and O–H groups in total. The van der Waals surface area contributed by atoms with Gasteiger partial charge in [0.15, 0.2) is 5.65 Å². The van der Waals surface area contributed by atoms with Gasteiger partial charge in [0, 0.05) is 49.5 Å². The first-order chi connectivity index (χ1) is 11.1. The third kappa shape index (κ3) is 2.83. The van der Waals surface area contributed by atoms with Gasteiger partial charge in [-0.1, -0.05) is 6.92 Å². The normalized spacial score (nSPS) is 23.2. The maximum atomic E-state index is 12.9. The number of hydrogen-bond acceptors (Lipinski definition) is 4. The van der Waals surface area contributed by atoms with Gasteiger partial charge < -0.3 is 4.90 Å². The molecule has 0 spiro atoms. The molecule has 3 heterocycles. The highest BCUT2D eigenvalue weighted by atomic mass is 16.2. The Morgan fingerprint density at radius 3 is 2.91 bits per heavy atom. The minimum absolute atomic E-state index is 0.0875. The van der Waals surface area contributed by atoms with E-state index in [0.717, 1.165) is 43.3 Å². The Hall–Kier alpha value is -1.95. The van der Waals surface area contributed by atoms with Crippen molar-refractivity contribution < 1.29 is 4.79 Å². The molecule has 6 nitrogen and oxygen atoms in total. The molecule has 2 aliphatic rings. The van der Waals surface area contributed by atoms with Crippen molar-refractivity contribution in [2.45, 2.75) is 32.7 Å². The second-order valence-corrected chi connectivity index (χ2v) is 7.03. The smallest absolute Gasteiger partial charge is 0.255 e. The lowest BCUT2D eigenvalue weighted by Gasteiger charge is -2.22. The van der Waals surface area contributed by atoms with Gasteiger partial charge in [-0.15, -0.1) is 0 Å². The Bertz CT molecular complexity index is 736. The zero-order chi connectivity index (χ0) is 16.0. The van der Waals surface area contributed by atoms with E-state index < -0.39 is 0 Å². The van der Waals surface area contributed by atoms with Crippen LogP contribution in [0.15, 0.2) is 12.3 Å². The van der Waals surface area contributed by atoms with Gasteiger partial charge in [0.1, 0.15) is 0 Å². The highest BCUT2D eigenvalue weighted by Gasteiger charge is 2.33. The molecular formula is C17H23N5O. The summed E-state index contributed by atoms with van der Waals surface area (Å²) in [4.78, 5) is 21.8. The Morgan fingerprint density at radius 1 is 1.30 bits per heavy atom. The molecule has 0 radical (unpaired) electrons. The molecule has 23 heavy (non-hydrogen) atoms. The average molecular weight is 313 g/mol.